The molecule has 4 heterocycles. The number of rotatable bonds is 3. The molecule has 0 radical (unpaired) electrons. The minimum absolute atomic E-state index is 0.0536. The number of thiophene rings is 3. The van der Waals surface area contributed by atoms with Gasteiger partial charge in [0.05, 0.1) is 0 Å². The molecular weight excluding hydrogens is 311 g/mol. The van der Waals surface area contributed by atoms with E-state index in [2.05, 4.69) is 76.7 Å². The molecule has 21 heavy (non-hydrogen) atoms. The molecule has 0 unspecified atom stereocenters. The van der Waals surface area contributed by atoms with Crippen molar-refractivity contribution in [3.63, 3.8) is 0 Å². The molecule has 0 saturated heterocycles. The van der Waals surface area contributed by atoms with E-state index in [1.165, 1.54) is 14.5 Å². The van der Waals surface area contributed by atoms with Crippen molar-refractivity contribution < 1.29 is 0 Å². The van der Waals surface area contributed by atoms with Crippen LogP contribution in [0.15, 0.2) is 76.7 Å². The van der Waals surface area contributed by atoms with Crippen LogP contribution in [0.3, 0.4) is 0 Å². The van der Waals surface area contributed by atoms with Gasteiger partial charge in [0.2, 0.25) is 6.71 Å². The Morgan fingerprint density at radius 3 is 2.00 bits per heavy atom. The molecule has 0 N–H and O–H groups in total. The first-order chi connectivity index (χ1) is 10.4. The molecule has 1 aliphatic heterocycles. The van der Waals surface area contributed by atoms with Crippen LogP contribution in [0.1, 0.15) is 9.75 Å². The highest BCUT2D eigenvalue weighted by Gasteiger charge is 2.45. The lowest BCUT2D eigenvalue weighted by Gasteiger charge is -2.35. The maximum absolute atomic E-state index is 2.38. The van der Waals surface area contributed by atoms with Crippen LogP contribution in [0.25, 0.3) is 0 Å². The first-order valence-corrected chi connectivity index (χ1v) is 9.52. The van der Waals surface area contributed by atoms with Crippen LogP contribution in [0.4, 0.5) is 0 Å². The van der Waals surface area contributed by atoms with Crippen molar-refractivity contribution in [2.45, 2.75) is 5.31 Å². The summed E-state index contributed by atoms with van der Waals surface area (Å²) >= 11 is 5.56. The highest BCUT2D eigenvalue weighted by Crippen LogP contribution is 2.43. The minimum Gasteiger partial charge on any atom is -0.158 e. The third-order valence-electron chi connectivity index (χ3n) is 3.97. The van der Waals surface area contributed by atoms with Gasteiger partial charge < -0.3 is 0 Å². The van der Waals surface area contributed by atoms with E-state index in [0.717, 1.165) is 0 Å². The Bertz CT molecular complexity index is 715. The van der Waals surface area contributed by atoms with Crippen molar-refractivity contribution in [3.8, 4) is 0 Å². The molecule has 0 saturated carbocycles. The van der Waals surface area contributed by atoms with E-state index in [0.29, 0.717) is 6.71 Å². The maximum Gasteiger partial charge on any atom is 0.236 e. The molecule has 0 fully saturated rings. The summed E-state index contributed by atoms with van der Waals surface area (Å²) in [5.41, 5.74) is 0. The van der Waals surface area contributed by atoms with Gasteiger partial charge in [0, 0.05) is 15.1 Å². The Kier molecular flexibility index (Phi) is 3.45. The fourth-order valence-electron chi connectivity index (χ4n) is 3.05. The molecule has 4 rings (SSSR count). The fourth-order valence-corrected chi connectivity index (χ4v) is 5.91. The van der Waals surface area contributed by atoms with Gasteiger partial charge in [0.15, 0.2) is 0 Å². The summed E-state index contributed by atoms with van der Waals surface area (Å²) in [6.07, 6.45) is 6.77. The molecule has 0 aliphatic carbocycles. The van der Waals surface area contributed by atoms with E-state index in [4.69, 9.17) is 0 Å². The van der Waals surface area contributed by atoms with Gasteiger partial charge in [-0.1, -0.05) is 42.5 Å². The summed E-state index contributed by atoms with van der Waals surface area (Å²) in [6.45, 7) is 0.375. The van der Waals surface area contributed by atoms with Crippen molar-refractivity contribution in [2.24, 2.45) is 0 Å². The first kappa shape index (κ1) is 13.3. The maximum atomic E-state index is 2.38. The molecule has 0 aromatic carbocycles. The summed E-state index contributed by atoms with van der Waals surface area (Å²) in [7, 11) is 0. The van der Waals surface area contributed by atoms with Gasteiger partial charge in [-0.2, -0.15) is 11.3 Å². The van der Waals surface area contributed by atoms with E-state index in [1.807, 2.05) is 34.0 Å². The zero-order chi connectivity index (χ0) is 14.1. The number of hydrogen-bond donors (Lipinski definition) is 0. The highest BCUT2D eigenvalue weighted by molar-refractivity contribution is 7.24. The Morgan fingerprint density at radius 2 is 1.43 bits per heavy atom. The second-order valence-corrected chi connectivity index (χ2v) is 7.94. The van der Waals surface area contributed by atoms with Crippen LogP contribution in [0.5, 0.6) is 0 Å². The van der Waals surface area contributed by atoms with E-state index >= 15 is 0 Å². The second kappa shape index (κ2) is 5.45. The quantitative estimate of drug-likeness (QED) is 0.609. The van der Waals surface area contributed by atoms with Crippen molar-refractivity contribution in [2.75, 3.05) is 0 Å². The normalized spacial score (nSPS) is 16.5. The van der Waals surface area contributed by atoms with Crippen LogP contribution < -0.4 is 4.78 Å². The second-order valence-electron chi connectivity index (χ2n) is 5.06. The van der Waals surface area contributed by atoms with E-state index in [9.17, 15) is 0 Å². The summed E-state index contributed by atoms with van der Waals surface area (Å²) in [5.74, 6) is 2.35. The van der Waals surface area contributed by atoms with E-state index in [1.54, 1.807) is 0 Å². The topological polar surface area (TPSA) is 0 Å². The predicted molar refractivity (Wildman–Crippen MR) is 97.4 cm³/mol. The third-order valence-corrected chi connectivity index (χ3v) is 6.97. The molecule has 102 valence electrons. The molecule has 1 aliphatic rings. The van der Waals surface area contributed by atoms with Gasteiger partial charge in [0.1, 0.15) is 0 Å². The SMILES string of the molecule is C1=CB(c2cccs2)C(c2cccs2)(c2cccs2)C=C1. The van der Waals surface area contributed by atoms with Crippen LogP contribution >= 0.6 is 34.0 Å². The average molecular weight is 324 g/mol. The third kappa shape index (κ3) is 2.10. The van der Waals surface area contributed by atoms with Gasteiger partial charge in [-0.05, 0) is 33.0 Å². The summed E-state index contributed by atoms with van der Waals surface area (Å²) in [5, 5.41) is 6.49. The molecule has 4 heteroatoms. The Balaban J connectivity index is 1.97. The molecule has 0 nitrogen and oxygen atoms in total. The number of hydrogen-bond acceptors (Lipinski definition) is 3. The van der Waals surface area contributed by atoms with Gasteiger partial charge in [-0.3, -0.25) is 0 Å². The molecule has 3 aromatic rings. The summed E-state index contributed by atoms with van der Waals surface area (Å²) in [6, 6.07) is 13.3. The van der Waals surface area contributed by atoms with Gasteiger partial charge >= 0.3 is 0 Å². The molecule has 0 bridgehead atoms. The molecular formula is C17H13BS3. The lowest BCUT2D eigenvalue weighted by Crippen LogP contribution is -2.48. The van der Waals surface area contributed by atoms with Crippen molar-refractivity contribution in [3.05, 3.63) is 86.5 Å². The Morgan fingerprint density at radius 1 is 0.762 bits per heavy atom. The smallest absolute Gasteiger partial charge is 0.158 e. The predicted octanol–water partition coefficient (Wildman–Crippen LogP) is 4.76. The highest BCUT2D eigenvalue weighted by atomic mass is 32.1. The molecule has 0 amide bonds. The van der Waals surface area contributed by atoms with Crippen LogP contribution in [0.2, 0.25) is 0 Å². The monoisotopic (exact) mass is 324 g/mol. The molecule has 0 spiro atoms. The standard InChI is InChI=1S/C17H13BS3/c1-2-10-18(16-8-5-13-21-16)17(9-1,14-6-3-11-19-14)15-7-4-12-20-15/h1-13H. The van der Waals surface area contributed by atoms with Crippen LogP contribution in [0, 0.1) is 0 Å². The average Bonchev–Trinajstić information content (AvgIpc) is 3.29. The summed E-state index contributed by atoms with van der Waals surface area (Å²) in [4.78, 5) is 2.84. The van der Waals surface area contributed by atoms with Gasteiger partial charge in [0.25, 0.3) is 0 Å². The minimum atomic E-state index is -0.0536. The molecule has 0 atom stereocenters. The summed E-state index contributed by atoms with van der Waals surface area (Å²) < 4.78 is 1.43. The van der Waals surface area contributed by atoms with Crippen molar-refractivity contribution >= 4 is 45.5 Å². The number of allylic oxidation sites excluding steroid dienone is 3. The van der Waals surface area contributed by atoms with Gasteiger partial charge in [-0.25, -0.2) is 0 Å². The lowest BCUT2D eigenvalue weighted by molar-refractivity contribution is 0.951. The lowest BCUT2D eigenvalue weighted by atomic mass is 9.30. The largest absolute Gasteiger partial charge is 0.236 e. The van der Waals surface area contributed by atoms with Crippen LogP contribution in [-0.4, -0.2) is 6.71 Å². The fraction of sp³-hybridized carbons (Fsp3) is 0.0588. The first-order valence-electron chi connectivity index (χ1n) is 6.88. The Labute approximate surface area is 137 Å². The van der Waals surface area contributed by atoms with E-state index < -0.39 is 0 Å². The van der Waals surface area contributed by atoms with Gasteiger partial charge in [-0.15, -0.1) is 28.6 Å². The van der Waals surface area contributed by atoms with Crippen molar-refractivity contribution in [1.29, 1.82) is 0 Å². The van der Waals surface area contributed by atoms with Crippen molar-refractivity contribution in [1.82, 2.24) is 0 Å². The zero-order valence-corrected chi connectivity index (χ0v) is 13.8. The zero-order valence-electron chi connectivity index (χ0n) is 11.3. The van der Waals surface area contributed by atoms with E-state index in [-0.39, 0.29) is 5.31 Å². The molecule has 3 aromatic heterocycles. The van der Waals surface area contributed by atoms with Crippen LogP contribution in [-0.2, 0) is 5.31 Å². The Hall–Kier alpha value is -1.36.